The number of nitrogens with one attached hydrogen (secondary N) is 1. The number of nitrogens with zero attached hydrogens (tertiary/aromatic N) is 1. The van der Waals surface area contributed by atoms with Gasteiger partial charge in [-0.3, -0.25) is 4.98 Å². The van der Waals surface area contributed by atoms with Crippen LogP contribution in [-0.2, 0) is 6.54 Å². The predicted molar refractivity (Wildman–Crippen MR) is 55.7 cm³/mol. The van der Waals surface area contributed by atoms with E-state index in [9.17, 15) is 13.2 Å². The Kier molecular flexibility index (Phi) is 4.69. The molecule has 0 aliphatic rings. The van der Waals surface area contributed by atoms with E-state index in [4.69, 9.17) is 5.11 Å². The molecule has 1 atom stereocenters. The van der Waals surface area contributed by atoms with Gasteiger partial charge in [-0.15, -0.1) is 0 Å². The summed E-state index contributed by atoms with van der Waals surface area (Å²) in [5.41, 5.74) is 0.740. The van der Waals surface area contributed by atoms with Gasteiger partial charge < -0.3 is 10.4 Å². The van der Waals surface area contributed by atoms with E-state index in [1.165, 1.54) is 6.20 Å². The lowest BCUT2D eigenvalue weighted by Crippen LogP contribution is -2.38. The lowest BCUT2D eigenvalue weighted by molar-refractivity contribution is -0.201. The van der Waals surface area contributed by atoms with E-state index in [0.29, 0.717) is 0 Å². The van der Waals surface area contributed by atoms with Crippen molar-refractivity contribution in [3.05, 3.63) is 28.5 Å². The monoisotopic (exact) mass is 298 g/mol. The summed E-state index contributed by atoms with van der Waals surface area (Å²) in [6.45, 7) is -0.310. The van der Waals surface area contributed by atoms with Crippen LogP contribution in [-0.4, -0.2) is 28.9 Å². The van der Waals surface area contributed by atoms with E-state index in [2.05, 4.69) is 26.2 Å². The molecule has 0 radical (unpaired) electrons. The third-order valence-electron chi connectivity index (χ3n) is 1.81. The van der Waals surface area contributed by atoms with E-state index in [1.54, 1.807) is 12.3 Å². The minimum atomic E-state index is -4.58. The number of rotatable bonds is 4. The van der Waals surface area contributed by atoms with Gasteiger partial charge in [-0.25, -0.2) is 0 Å². The molecule has 7 heteroatoms. The normalized spacial score (nSPS) is 13.8. The molecule has 0 bridgehead atoms. The highest BCUT2D eigenvalue weighted by Crippen LogP contribution is 2.19. The zero-order chi connectivity index (χ0) is 12.2. The summed E-state index contributed by atoms with van der Waals surface area (Å²) < 4.78 is 36.5. The lowest BCUT2D eigenvalue weighted by Gasteiger charge is -2.14. The third-order valence-corrected chi connectivity index (χ3v) is 2.24. The first-order valence-electron chi connectivity index (χ1n) is 4.44. The number of aliphatic hydroxyl groups excluding tert-OH is 1. The average molecular weight is 299 g/mol. The number of alkyl halides is 3. The van der Waals surface area contributed by atoms with Gasteiger partial charge in [0.2, 0.25) is 0 Å². The maximum absolute atomic E-state index is 11.9. The summed E-state index contributed by atoms with van der Waals surface area (Å²) in [4.78, 5) is 3.86. The number of aromatic nitrogens is 1. The van der Waals surface area contributed by atoms with Gasteiger partial charge in [-0.05, 0) is 27.6 Å². The van der Waals surface area contributed by atoms with Gasteiger partial charge in [0.15, 0.2) is 6.10 Å². The number of halogens is 4. The molecule has 3 nitrogen and oxygen atoms in total. The topological polar surface area (TPSA) is 45.1 Å². The van der Waals surface area contributed by atoms with E-state index in [-0.39, 0.29) is 6.54 Å². The second-order valence-electron chi connectivity index (χ2n) is 3.20. The van der Waals surface area contributed by atoms with Gasteiger partial charge >= 0.3 is 6.18 Å². The van der Waals surface area contributed by atoms with Crippen LogP contribution in [0.15, 0.2) is 22.9 Å². The fourth-order valence-electron chi connectivity index (χ4n) is 1.02. The second kappa shape index (κ2) is 5.60. The van der Waals surface area contributed by atoms with Crippen LogP contribution in [0.4, 0.5) is 13.2 Å². The third kappa shape index (κ3) is 4.46. The van der Waals surface area contributed by atoms with E-state index in [1.807, 2.05) is 0 Å². The molecule has 1 unspecified atom stereocenters. The standard InChI is InChI=1S/C9H10BrF3N2O/c10-7-1-6(2-14-4-7)3-15-5-8(16)9(11,12)13/h1-2,4,8,15-16H,3,5H2. The maximum atomic E-state index is 11.9. The van der Waals surface area contributed by atoms with Crippen molar-refractivity contribution in [1.29, 1.82) is 0 Å². The van der Waals surface area contributed by atoms with E-state index < -0.39 is 18.8 Å². The lowest BCUT2D eigenvalue weighted by atomic mass is 10.2. The molecule has 0 saturated carbocycles. The highest BCUT2D eigenvalue weighted by atomic mass is 79.9. The molecule has 0 aliphatic heterocycles. The first-order chi connectivity index (χ1) is 7.39. The van der Waals surface area contributed by atoms with E-state index in [0.717, 1.165) is 10.0 Å². The molecule has 1 heterocycles. The van der Waals surface area contributed by atoms with E-state index >= 15 is 0 Å². The zero-order valence-corrected chi connectivity index (χ0v) is 9.72. The molecule has 0 fully saturated rings. The smallest absolute Gasteiger partial charge is 0.382 e. The number of hydrogen-bond acceptors (Lipinski definition) is 3. The molecule has 90 valence electrons. The highest BCUT2D eigenvalue weighted by molar-refractivity contribution is 9.10. The molecule has 1 rings (SSSR count). The Morgan fingerprint density at radius 1 is 1.44 bits per heavy atom. The molecule has 0 spiro atoms. The molecule has 0 amide bonds. The molecule has 0 aromatic carbocycles. The van der Waals surface area contributed by atoms with Crippen molar-refractivity contribution >= 4 is 15.9 Å². The van der Waals surface area contributed by atoms with Crippen molar-refractivity contribution < 1.29 is 18.3 Å². The fourth-order valence-corrected chi connectivity index (χ4v) is 1.43. The average Bonchev–Trinajstić information content (AvgIpc) is 2.16. The summed E-state index contributed by atoms with van der Waals surface area (Å²) in [6, 6.07) is 1.74. The van der Waals surface area contributed by atoms with Crippen LogP contribution < -0.4 is 5.32 Å². The van der Waals surface area contributed by atoms with Crippen molar-refractivity contribution in [3.63, 3.8) is 0 Å². The largest absolute Gasteiger partial charge is 0.415 e. The minimum Gasteiger partial charge on any atom is -0.382 e. The molecule has 0 saturated heterocycles. The summed E-state index contributed by atoms with van der Waals surface area (Å²) in [5.74, 6) is 0. The van der Waals surface area contributed by atoms with Crippen molar-refractivity contribution in [2.75, 3.05) is 6.54 Å². The fraction of sp³-hybridized carbons (Fsp3) is 0.444. The van der Waals surface area contributed by atoms with Crippen LogP contribution >= 0.6 is 15.9 Å². The Bertz CT molecular complexity index is 346. The van der Waals surface area contributed by atoms with Crippen molar-refractivity contribution in [3.8, 4) is 0 Å². The van der Waals surface area contributed by atoms with Crippen LogP contribution in [0.3, 0.4) is 0 Å². The minimum absolute atomic E-state index is 0.222. The molecular formula is C9H10BrF3N2O. The van der Waals surface area contributed by atoms with Crippen LogP contribution in [0.25, 0.3) is 0 Å². The van der Waals surface area contributed by atoms with Crippen molar-refractivity contribution in [1.82, 2.24) is 10.3 Å². The summed E-state index contributed by atoms with van der Waals surface area (Å²) in [7, 11) is 0. The van der Waals surface area contributed by atoms with Gasteiger partial charge in [0.25, 0.3) is 0 Å². The summed E-state index contributed by atoms with van der Waals surface area (Å²) >= 11 is 3.20. The first-order valence-corrected chi connectivity index (χ1v) is 5.24. The molecule has 0 aliphatic carbocycles. The van der Waals surface area contributed by atoms with Gasteiger partial charge in [-0.2, -0.15) is 13.2 Å². The van der Waals surface area contributed by atoms with Gasteiger partial charge in [0.1, 0.15) is 0 Å². The Morgan fingerprint density at radius 2 is 2.12 bits per heavy atom. The van der Waals surface area contributed by atoms with Crippen molar-refractivity contribution in [2.24, 2.45) is 0 Å². The maximum Gasteiger partial charge on any atom is 0.415 e. The first kappa shape index (κ1) is 13.4. The van der Waals surface area contributed by atoms with Crippen LogP contribution in [0.1, 0.15) is 5.56 Å². The Morgan fingerprint density at radius 3 is 2.69 bits per heavy atom. The Balaban J connectivity index is 2.36. The summed E-state index contributed by atoms with van der Waals surface area (Å²) in [5, 5.41) is 11.2. The van der Waals surface area contributed by atoms with Gasteiger partial charge in [0, 0.05) is 30.0 Å². The second-order valence-corrected chi connectivity index (χ2v) is 4.12. The number of aliphatic hydroxyl groups is 1. The van der Waals surface area contributed by atoms with Gasteiger partial charge in [-0.1, -0.05) is 0 Å². The molecular weight excluding hydrogens is 289 g/mol. The van der Waals surface area contributed by atoms with Crippen molar-refractivity contribution in [2.45, 2.75) is 18.8 Å². The number of hydrogen-bond donors (Lipinski definition) is 2. The molecule has 1 aromatic heterocycles. The molecule has 16 heavy (non-hydrogen) atoms. The SMILES string of the molecule is OC(CNCc1cncc(Br)c1)C(F)(F)F. The molecule has 2 N–H and O–H groups in total. The van der Waals surface area contributed by atoms with Crippen LogP contribution in [0.5, 0.6) is 0 Å². The predicted octanol–water partition coefficient (Wildman–Crippen LogP) is 1.86. The Hall–Kier alpha value is -0.660. The Labute approximate surface area is 98.8 Å². The van der Waals surface area contributed by atoms with Crippen LogP contribution in [0, 0.1) is 0 Å². The number of pyridine rings is 1. The molecule has 1 aromatic rings. The van der Waals surface area contributed by atoms with Gasteiger partial charge in [0.05, 0.1) is 0 Å². The van der Waals surface area contributed by atoms with Crippen LogP contribution in [0.2, 0.25) is 0 Å². The highest BCUT2D eigenvalue weighted by Gasteiger charge is 2.37. The zero-order valence-electron chi connectivity index (χ0n) is 8.13. The summed E-state index contributed by atoms with van der Waals surface area (Å²) in [6.07, 6.45) is -3.80. The quantitative estimate of drug-likeness (QED) is 0.892.